The van der Waals surface area contributed by atoms with Gasteiger partial charge in [-0.25, -0.2) is 0 Å². The Kier molecular flexibility index (Phi) is 7.23. The Labute approximate surface area is 198 Å². The molecule has 0 spiro atoms. The van der Waals surface area contributed by atoms with Crippen molar-refractivity contribution in [3.8, 4) is 5.75 Å². The number of fused-ring (bicyclic) bond motifs is 1. The molecule has 3 amide bonds. The molecule has 2 aromatic rings. The Morgan fingerprint density at radius 1 is 1.09 bits per heavy atom. The third-order valence-corrected chi connectivity index (χ3v) is 7.20. The van der Waals surface area contributed by atoms with Crippen molar-refractivity contribution in [3.63, 3.8) is 0 Å². The van der Waals surface area contributed by atoms with Gasteiger partial charge in [0.1, 0.15) is 12.3 Å². The van der Waals surface area contributed by atoms with Gasteiger partial charge in [0, 0.05) is 18.0 Å². The number of methoxy groups -OCH3 is 1. The zero-order chi connectivity index (χ0) is 23.4. The van der Waals surface area contributed by atoms with Crippen LogP contribution in [0.3, 0.4) is 0 Å². The number of ether oxygens (including phenoxy) is 1. The first-order valence-corrected chi connectivity index (χ1v) is 12.2. The number of hydrogen-bond donors (Lipinski definition) is 1. The number of anilines is 2. The molecular formula is C25H29N3O4S. The van der Waals surface area contributed by atoms with Crippen LogP contribution < -0.4 is 15.0 Å². The molecule has 2 aromatic carbocycles. The molecule has 1 fully saturated rings. The predicted octanol–water partition coefficient (Wildman–Crippen LogP) is 3.85. The van der Waals surface area contributed by atoms with E-state index in [1.54, 1.807) is 13.2 Å². The van der Waals surface area contributed by atoms with Crippen molar-refractivity contribution in [1.82, 2.24) is 4.90 Å². The number of nitrogens with one attached hydrogen (secondary N) is 1. The van der Waals surface area contributed by atoms with E-state index in [9.17, 15) is 14.4 Å². The van der Waals surface area contributed by atoms with Gasteiger partial charge >= 0.3 is 0 Å². The highest BCUT2D eigenvalue weighted by molar-refractivity contribution is 8.01. The van der Waals surface area contributed by atoms with Crippen LogP contribution in [0.5, 0.6) is 5.75 Å². The molecular weight excluding hydrogens is 438 g/mol. The molecule has 1 saturated heterocycles. The molecule has 2 aliphatic rings. The molecule has 8 heteroatoms. The van der Waals surface area contributed by atoms with Crippen molar-refractivity contribution >= 4 is 40.9 Å². The van der Waals surface area contributed by atoms with Crippen molar-refractivity contribution in [3.05, 3.63) is 48.0 Å². The van der Waals surface area contributed by atoms with Gasteiger partial charge in [0.2, 0.25) is 11.8 Å². The quantitative estimate of drug-likeness (QED) is 0.676. The summed E-state index contributed by atoms with van der Waals surface area (Å²) in [7, 11) is 1.54. The van der Waals surface area contributed by atoms with E-state index in [2.05, 4.69) is 5.32 Å². The van der Waals surface area contributed by atoms with E-state index in [1.807, 2.05) is 48.2 Å². The lowest BCUT2D eigenvalue weighted by Crippen LogP contribution is -2.51. The molecule has 2 aliphatic heterocycles. The zero-order valence-electron chi connectivity index (χ0n) is 19.0. The number of thioether (sulfide) groups is 1. The third kappa shape index (κ3) is 5.16. The lowest BCUT2D eigenvalue weighted by molar-refractivity contribution is -0.135. The molecule has 0 aliphatic carbocycles. The maximum atomic E-state index is 13.5. The highest BCUT2D eigenvalue weighted by Gasteiger charge is 2.40. The van der Waals surface area contributed by atoms with Crippen molar-refractivity contribution in [1.29, 1.82) is 0 Å². The molecule has 0 radical (unpaired) electrons. The molecule has 1 atom stereocenters. The number of rotatable bonds is 5. The van der Waals surface area contributed by atoms with E-state index in [-0.39, 0.29) is 24.3 Å². The summed E-state index contributed by atoms with van der Waals surface area (Å²) in [6.07, 6.45) is 4.12. The van der Waals surface area contributed by atoms with Gasteiger partial charge in [0.05, 0.1) is 18.5 Å². The lowest BCUT2D eigenvalue weighted by Gasteiger charge is -2.34. The lowest BCUT2D eigenvalue weighted by atomic mass is 10.2. The third-order valence-electron chi connectivity index (χ3n) is 5.96. The van der Waals surface area contributed by atoms with Gasteiger partial charge in [-0.05, 0) is 49.6 Å². The van der Waals surface area contributed by atoms with Crippen molar-refractivity contribution in [2.45, 2.75) is 42.8 Å². The highest BCUT2D eigenvalue weighted by atomic mass is 32.2. The fourth-order valence-electron chi connectivity index (χ4n) is 4.25. The predicted molar refractivity (Wildman–Crippen MR) is 130 cm³/mol. The Morgan fingerprint density at radius 2 is 1.82 bits per heavy atom. The van der Waals surface area contributed by atoms with Crippen LogP contribution in [0.15, 0.2) is 47.4 Å². The molecule has 2 heterocycles. The second-order valence-electron chi connectivity index (χ2n) is 8.38. The van der Waals surface area contributed by atoms with Gasteiger partial charge in [0.25, 0.3) is 5.91 Å². The molecule has 1 N–H and O–H groups in total. The summed E-state index contributed by atoms with van der Waals surface area (Å²) in [5.74, 6) is -0.314. The average molecular weight is 468 g/mol. The van der Waals surface area contributed by atoms with Crippen molar-refractivity contribution in [2.75, 3.05) is 37.0 Å². The first kappa shape index (κ1) is 23.2. The monoisotopic (exact) mass is 467 g/mol. The molecule has 0 bridgehead atoms. The number of aryl methyl sites for hydroxylation is 1. The first-order valence-electron chi connectivity index (χ1n) is 11.3. The summed E-state index contributed by atoms with van der Waals surface area (Å²) < 4.78 is 5.35. The summed E-state index contributed by atoms with van der Waals surface area (Å²) in [4.78, 5) is 43.8. The molecule has 7 nitrogen and oxygen atoms in total. The van der Waals surface area contributed by atoms with Gasteiger partial charge in [-0.15, -0.1) is 11.8 Å². The minimum absolute atomic E-state index is 0.160. The standard InChI is InChI=1S/C25H29N3O4S/c1-17-11-12-20(32-2)18(15-17)26-22(29)16-28-19-9-5-6-10-21(19)33-23(25(28)31)24(30)27-13-7-3-4-8-14-27/h5-6,9-12,15,23H,3-4,7-8,13-14,16H2,1-2H3,(H,26,29)/t23-/m0/s1. The van der Waals surface area contributed by atoms with Crippen molar-refractivity contribution in [2.24, 2.45) is 0 Å². The SMILES string of the molecule is COc1ccc(C)cc1NC(=O)CN1C(=O)[C@H](C(=O)N2CCCCCC2)Sc2ccccc21. The summed E-state index contributed by atoms with van der Waals surface area (Å²) in [5, 5.41) is 1.98. The topological polar surface area (TPSA) is 79.0 Å². The Balaban J connectivity index is 1.56. The van der Waals surface area contributed by atoms with Crippen LogP contribution in [0, 0.1) is 6.92 Å². The van der Waals surface area contributed by atoms with E-state index in [0.29, 0.717) is 30.2 Å². The first-order chi connectivity index (χ1) is 16.0. The minimum atomic E-state index is -0.876. The van der Waals surface area contributed by atoms with Crippen LogP contribution in [0.4, 0.5) is 11.4 Å². The molecule has 0 saturated carbocycles. The van der Waals surface area contributed by atoms with Crippen LogP contribution in [0.2, 0.25) is 0 Å². The largest absolute Gasteiger partial charge is 0.495 e. The van der Waals surface area contributed by atoms with E-state index in [1.165, 1.54) is 16.7 Å². The number of nitrogens with zero attached hydrogens (tertiary/aromatic N) is 2. The number of carbonyl (C=O) groups is 3. The number of para-hydroxylation sites is 1. The van der Waals surface area contributed by atoms with Crippen LogP contribution in [0.1, 0.15) is 31.2 Å². The van der Waals surface area contributed by atoms with E-state index < -0.39 is 5.25 Å². The molecule has 174 valence electrons. The smallest absolute Gasteiger partial charge is 0.250 e. The summed E-state index contributed by atoms with van der Waals surface area (Å²) in [5.41, 5.74) is 2.18. The minimum Gasteiger partial charge on any atom is -0.495 e. The second kappa shape index (κ2) is 10.3. The fraction of sp³-hybridized carbons (Fsp3) is 0.400. The number of hydrogen-bond acceptors (Lipinski definition) is 5. The molecule has 4 rings (SSSR count). The van der Waals surface area contributed by atoms with Crippen LogP contribution in [-0.2, 0) is 14.4 Å². The van der Waals surface area contributed by atoms with E-state index in [4.69, 9.17) is 4.74 Å². The number of likely N-dealkylation sites (tertiary alicyclic amines) is 1. The van der Waals surface area contributed by atoms with Crippen LogP contribution in [0.25, 0.3) is 0 Å². The maximum Gasteiger partial charge on any atom is 0.250 e. The van der Waals surface area contributed by atoms with Gasteiger partial charge < -0.3 is 19.9 Å². The summed E-state index contributed by atoms with van der Waals surface area (Å²) in [6.45, 7) is 3.10. The molecule has 0 unspecified atom stereocenters. The highest BCUT2D eigenvalue weighted by Crippen LogP contribution is 2.40. The zero-order valence-corrected chi connectivity index (χ0v) is 19.8. The molecule has 33 heavy (non-hydrogen) atoms. The second-order valence-corrected chi connectivity index (χ2v) is 9.53. The average Bonchev–Trinajstić information content (AvgIpc) is 3.10. The summed E-state index contributed by atoms with van der Waals surface area (Å²) in [6, 6.07) is 12.9. The summed E-state index contributed by atoms with van der Waals surface area (Å²) >= 11 is 1.28. The Bertz CT molecular complexity index is 1050. The molecule has 0 aromatic heterocycles. The van der Waals surface area contributed by atoms with E-state index >= 15 is 0 Å². The number of carbonyl (C=O) groups excluding carboxylic acids is 3. The van der Waals surface area contributed by atoms with Gasteiger partial charge in [0.15, 0.2) is 5.25 Å². The van der Waals surface area contributed by atoms with E-state index in [0.717, 1.165) is 36.1 Å². The number of amides is 3. The number of benzene rings is 2. The Morgan fingerprint density at radius 3 is 2.55 bits per heavy atom. The maximum absolute atomic E-state index is 13.5. The Hall–Kier alpha value is -3.00. The van der Waals surface area contributed by atoms with Crippen molar-refractivity contribution < 1.29 is 19.1 Å². The van der Waals surface area contributed by atoms with Crippen LogP contribution >= 0.6 is 11.8 Å². The van der Waals surface area contributed by atoms with Crippen LogP contribution in [-0.4, -0.2) is 54.6 Å². The van der Waals surface area contributed by atoms with Gasteiger partial charge in [-0.1, -0.05) is 31.0 Å². The van der Waals surface area contributed by atoms with Gasteiger partial charge in [-0.3, -0.25) is 14.4 Å². The fourth-order valence-corrected chi connectivity index (χ4v) is 5.43. The van der Waals surface area contributed by atoms with Gasteiger partial charge in [-0.2, -0.15) is 0 Å². The normalized spacial score (nSPS) is 18.4.